The van der Waals surface area contributed by atoms with Gasteiger partial charge in [-0.15, -0.1) is 0 Å². The Morgan fingerprint density at radius 1 is 0.970 bits per heavy atom. The number of nitriles is 1. The number of hydrogen-bond donors (Lipinski definition) is 0. The third kappa shape index (κ3) is 5.01. The van der Waals surface area contributed by atoms with Crippen LogP contribution in [-0.2, 0) is 16.1 Å². The summed E-state index contributed by atoms with van der Waals surface area (Å²) < 4.78 is 0. The Balaban J connectivity index is 2.19. The minimum atomic E-state index is -0.562. The van der Waals surface area contributed by atoms with Gasteiger partial charge in [-0.05, 0) is 44.0 Å². The van der Waals surface area contributed by atoms with E-state index in [2.05, 4.69) is 40.3 Å². The summed E-state index contributed by atoms with van der Waals surface area (Å²) >= 11 is 0. The van der Waals surface area contributed by atoms with E-state index in [1.54, 1.807) is 6.07 Å². The number of oxime groups is 2. The summed E-state index contributed by atoms with van der Waals surface area (Å²) in [5.41, 5.74) is 2.74. The van der Waals surface area contributed by atoms with Crippen molar-refractivity contribution in [2.45, 2.75) is 32.7 Å². The first-order valence-electron chi connectivity index (χ1n) is 11.1. The Kier molecular flexibility index (Phi) is 7.73. The monoisotopic (exact) mass is 445 g/mol. The van der Waals surface area contributed by atoms with E-state index in [0.29, 0.717) is 31.0 Å². The van der Waals surface area contributed by atoms with Gasteiger partial charge in [0.25, 0.3) is 0 Å². The first-order chi connectivity index (χ1) is 16.0. The SMILES string of the molecule is CCO/N=C1/C(=C/c2ccccc2C#N)N(C)/C(=N\OCC)C(C)(Cc2ccccc2)N1C. The third-order valence-electron chi connectivity index (χ3n) is 5.77. The minimum absolute atomic E-state index is 0.443. The summed E-state index contributed by atoms with van der Waals surface area (Å²) in [6.07, 6.45) is 2.63. The second-order valence-corrected chi connectivity index (χ2v) is 7.95. The second kappa shape index (κ2) is 10.7. The lowest BCUT2D eigenvalue weighted by Gasteiger charge is -2.49. The summed E-state index contributed by atoms with van der Waals surface area (Å²) in [5.74, 6) is 1.40. The summed E-state index contributed by atoms with van der Waals surface area (Å²) in [5, 5.41) is 18.6. The van der Waals surface area contributed by atoms with Crippen LogP contribution in [0.2, 0.25) is 0 Å². The van der Waals surface area contributed by atoms with Crippen molar-refractivity contribution < 1.29 is 9.68 Å². The highest BCUT2D eigenvalue weighted by Gasteiger charge is 2.47. The summed E-state index contributed by atoms with van der Waals surface area (Å²) in [6, 6.07) is 20.0. The van der Waals surface area contributed by atoms with Crippen LogP contribution < -0.4 is 0 Å². The molecule has 7 heteroatoms. The molecule has 1 aliphatic heterocycles. The van der Waals surface area contributed by atoms with Crippen LogP contribution in [0.1, 0.15) is 37.5 Å². The molecule has 1 aliphatic rings. The molecule has 3 rings (SSSR count). The molecule has 0 aromatic heterocycles. The van der Waals surface area contributed by atoms with Crippen molar-refractivity contribution in [3.63, 3.8) is 0 Å². The molecule has 0 amide bonds. The highest BCUT2D eigenvalue weighted by Crippen LogP contribution is 2.33. The van der Waals surface area contributed by atoms with Crippen LogP contribution in [0.5, 0.6) is 0 Å². The maximum absolute atomic E-state index is 9.59. The van der Waals surface area contributed by atoms with Crippen molar-refractivity contribution in [1.82, 2.24) is 9.80 Å². The summed E-state index contributed by atoms with van der Waals surface area (Å²) in [4.78, 5) is 15.1. The van der Waals surface area contributed by atoms with E-state index in [-0.39, 0.29) is 0 Å². The molecule has 0 spiro atoms. The largest absolute Gasteiger partial charge is 0.395 e. The lowest BCUT2D eigenvalue weighted by molar-refractivity contribution is 0.135. The zero-order valence-corrected chi connectivity index (χ0v) is 19.9. The fourth-order valence-electron chi connectivity index (χ4n) is 3.92. The van der Waals surface area contributed by atoms with Crippen LogP contribution in [0.3, 0.4) is 0 Å². The second-order valence-electron chi connectivity index (χ2n) is 7.95. The van der Waals surface area contributed by atoms with Crippen molar-refractivity contribution >= 4 is 17.7 Å². The lowest BCUT2D eigenvalue weighted by Crippen LogP contribution is -2.64. The molecule has 2 aromatic carbocycles. The zero-order valence-electron chi connectivity index (χ0n) is 19.9. The Hall–Kier alpha value is -3.79. The first-order valence-corrected chi connectivity index (χ1v) is 11.1. The van der Waals surface area contributed by atoms with E-state index >= 15 is 0 Å². The number of rotatable bonds is 7. The van der Waals surface area contributed by atoms with E-state index in [9.17, 15) is 5.26 Å². The van der Waals surface area contributed by atoms with Gasteiger partial charge >= 0.3 is 0 Å². The molecule has 1 atom stereocenters. The quantitative estimate of drug-likeness (QED) is 0.588. The van der Waals surface area contributed by atoms with Gasteiger partial charge in [0.1, 0.15) is 18.8 Å². The molecule has 0 N–H and O–H groups in total. The van der Waals surface area contributed by atoms with Crippen molar-refractivity contribution in [1.29, 1.82) is 5.26 Å². The van der Waals surface area contributed by atoms with E-state index in [4.69, 9.17) is 9.68 Å². The van der Waals surface area contributed by atoms with Crippen molar-refractivity contribution in [3.05, 3.63) is 77.0 Å². The lowest BCUT2D eigenvalue weighted by atomic mass is 9.86. The molecular formula is C26H31N5O2. The molecule has 172 valence electrons. The third-order valence-corrected chi connectivity index (χ3v) is 5.77. The van der Waals surface area contributed by atoms with Crippen LogP contribution in [0, 0.1) is 11.3 Å². The van der Waals surface area contributed by atoms with Crippen LogP contribution in [0.25, 0.3) is 6.08 Å². The number of piperazine rings is 1. The molecule has 7 nitrogen and oxygen atoms in total. The van der Waals surface area contributed by atoms with E-state index in [1.807, 2.05) is 75.3 Å². The molecule has 1 fully saturated rings. The van der Waals surface area contributed by atoms with Crippen molar-refractivity contribution in [2.24, 2.45) is 10.3 Å². The van der Waals surface area contributed by atoms with Gasteiger partial charge in [-0.2, -0.15) is 5.26 Å². The molecular weight excluding hydrogens is 414 g/mol. The van der Waals surface area contributed by atoms with E-state index < -0.39 is 5.54 Å². The van der Waals surface area contributed by atoms with Gasteiger partial charge in [0.2, 0.25) is 0 Å². The smallest absolute Gasteiger partial charge is 0.192 e. The number of hydrogen-bond acceptors (Lipinski definition) is 5. The number of amidine groups is 2. The van der Waals surface area contributed by atoms with Crippen LogP contribution in [0.15, 0.2) is 70.6 Å². The van der Waals surface area contributed by atoms with Crippen LogP contribution in [0.4, 0.5) is 0 Å². The van der Waals surface area contributed by atoms with Gasteiger partial charge < -0.3 is 19.5 Å². The highest BCUT2D eigenvalue weighted by molar-refractivity contribution is 6.12. The normalized spacial score (nSPS) is 22.0. The molecule has 1 saturated heterocycles. The molecule has 2 aromatic rings. The fourth-order valence-corrected chi connectivity index (χ4v) is 3.92. The minimum Gasteiger partial charge on any atom is -0.395 e. The summed E-state index contributed by atoms with van der Waals surface area (Å²) in [7, 11) is 3.93. The van der Waals surface area contributed by atoms with Gasteiger partial charge in [-0.1, -0.05) is 58.8 Å². The Labute approximate surface area is 196 Å². The van der Waals surface area contributed by atoms with E-state index in [0.717, 1.165) is 17.1 Å². The number of likely N-dealkylation sites (N-methyl/N-ethyl adjacent to an activating group) is 2. The maximum Gasteiger partial charge on any atom is 0.192 e. The number of nitrogens with zero attached hydrogens (tertiary/aromatic N) is 5. The summed E-state index contributed by atoms with van der Waals surface area (Å²) in [6.45, 7) is 6.83. The van der Waals surface area contributed by atoms with Gasteiger partial charge in [0.05, 0.1) is 17.3 Å². The Morgan fingerprint density at radius 3 is 2.27 bits per heavy atom. The molecule has 1 heterocycles. The first kappa shape index (κ1) is 23.9. The molecule has 0 aliphatic carbocycles. The van der Waals surface area contributed by atoms with Crippen LogP contribution >= 0.6 is 0 Å². The van der Waals surface area contributed by atoms with Gasteiger partial charge in [-0.25, -0.2) is 0 Å². The van der Waals surface area contributed by atoms with Crippen molar-refractivity contribution in [3.8, 4) is 6.07 Å². The average molecular weight is 446 g/mol. The predicted molar refractivity (Wildman–Crippen MR) is 131 cm³/mol. The van der Waals surface area contributed by atoms with Gasteiger partial charge in [0, 0.05) is 20.5 Å². The topological polar surface area (TPSA) is 73.4 Å². The maximum atomic E-state index is 9.59. The predicted octanol–water partition coefficient (Wildman–Crippen LogP) is 4.48. The fraction of sp³-hybridized carbons (Fsp3) is 0.346. The van der Waals surface area contributed by atoms with Gasteiger partial charge in [-0.3, -0.25) is 0 Å². The molecule has 0 saturated carbocycles. The van der Waals surface area contributed by atoms with Crippen LogP contribution in [-0.4, -0.2) is 54.3 Å². The van der Waals surface area contributed by atoms with Crippen molar-refractivity contribution in [2.75, 3.05) is 27.3 Å². The standard InChI is InChI=1S/C26H31N5O2/c1-6-32-28-24-23(17-21-15-11-12-16-22(21)19-27)30(4)25(29-33-7-2)26(3,31(24)5)18-20-13-9-8-10-14-20/h8-17H,6-7,18H2,1-5H3/b23-17-,28-24-,29-25-. The molecule has 33 heavy (non-hydrogen) atoms. The van der Waals surface area contributed by atoms with Gasteiger partial charge in [0.15, 0.2) is 11.7 Å². The molecule has 0 bridgehead atoms. The Bertz CT molecular complexity index is 1090. The van der Waals surface area contributed by atoms with E-state index in [1.165, 1.54) is 5.56 Å². The number of benzene rings is 2. The zero-order chi connectivity index (χ0) is 23.8. The molecule has 1 unspecified atom stereocenters. The Morgan fingerprint density at radius 2 is 1.61 bits per heavy atom. The molecule has 0 radical (unpaired) electrons. The average Bonchev–Trinajstić information content (AvgIpc) is 2.83. The highest BCUT2D eigenvalue weighted by atomic mass is 16.6.